The highest BCUT2D eigenvalue weighted by Crippen LogP contribution is 2.43. The second-order valence-electron chi connectivity index (χ2n) is 9.03. The lowest BCUT2D eigenvalue weighted by molar-refractivity contribution is -0.186. The number of hydrogen-bond donors (Lipinski definition) is 1. The fraction of sp³-hybridized carbons (Fsp3) is 0.333. The number of anilines is 2. The van der Waals surface area contributed by atoms with Gasteiger partial charge in [-0.05, 0) is 35.7 Å². The third-order valence-electron chi connectivity index (χ3n) is 6.33. The number of halogens is 7. The van der Waals surface area contributed by atoms with E-state index in [0.29, 0.717) is 38.7 Å². The topological polar surface area (TPSA) is 78.4 Å². The average molecular weight is 606 g/mol. The van der Waals surface area contributed by atoms with Crippen molar-refractivity contribution in [3.8, 4) is 10.6 Å². The van der Waals surface area contributed by atoms with Crippen molar-refractivity contribution >= 4 is 46.5 Å². The number of hydrogen-bond acceptors (Lipinski definition) is 7. The quantitative estimate of drug-likeness (QED) is 0.385. The molecule has 2 amide bonds. The Hall–Kier alpha value is -3.40. The summed E-state index contributed by atoms with van der Waals surface area (Å²) < 4.78 is 94.9. The van der Waals surface area contributed by atoms with E-state index < -0.39 is 41.9 Å². The molecule has 0 radical (unpaired) electrons. The van der Waals surface area contributed by atoms with Crippen LogP contribution in [0.4, 0.5) is 42.4 Å². The molecule has 1 N–H and O–H groups in total. The molecule has 2 aromatic heterocycles. The van der Waals surface area contributed by atoms with Gasteiger partial charge in [0.15, 0.2) is 0 Å². The second-order valence-corrected chi connectivity index (χ2v) is 11.2. The van der Waals surface area contributed by atoms with Crippen molar-refractivity contribution in [2.24, 2.45) is 0 Å². The van der Waals surface area contributed by atoms with E-state index in [1.165, 1.54) is 28.8 Å². The molecule has 0 bridgehead atoms. The smallest absolute Gasteiger partial charge is 0.340 e. The predicted octanol–water partition coefficient (Wildman–Crippen LogP) is 5.73. The summed E-state index contributed by atoms with van der Waals surface area (Å²) in [6.07, 6.45) is -9.31. The van der Waals surface area contributed by atoms with Crippen molar-refractivity contribution < 1.29 is 40.3 Å². The summed E-state index contributed by atoms with van der Waals surface area (Å²) in [5.74, 6) is -3.05. The highest BCUT2D eigenvalue weighted by molar-refractivity contribution is 7.99. The lowest BCUT2D eigenvalue weighted by atomic mass is 9.98. The lowest BCUT2D eigenvalue weighted by Crippen LogP contribution is -2.43. The number of amides is 2. The van der Waals surface area contributed by atoms with E-state index in [0.717, 1.165) is 17.4 Å². The van der Waals surface area contributed by atoms with Gasteiger partial charge < -0.3 is 15.1 Å². The van der Waals surface area contributed by atoms with Gasteiger partial charge in [-0.25, -0.2) is 14.4 Å². The van der Waals surface area contributed by atoms with E-state index in [1.54, 1.807) is 7.05 Å². The molecule has 0 aliphatic carbocycles. The van der Waals surface area contributed by atoms with Crippen LogP contribution in [-0.4, -0.2) is 63.6 Å². The number of benzene rings is 1. The zero-order valence-corrected chi connectivity index (χ0v) is 22.0. The maximum Gasteiger partial charge on any atom is 0.471 e. The molecule has 2 aliphatic heterocycles. The molecule has 5 rings (SSSR count). The molecule has 40 heavy (non-hydrogen) atoms. The molecule has 0 spiro atoms. The van der Waals surface area contributed by atoms with E-state index in [-0.39, 0.29) is 40.9 Å². The fourth-order valence-corrected chi connectivity index (χ4v) is 6.73. The lowest BCUT2D eigenvalue weighted by Gasteiger charge is -2.29. The first-order valence-electron chi connectivity index (χ1n) is 11.6. The maximum absolute atomic E-state index is 14.9. The highest BCUT2D eigenvalue weighted by atomic mass is 32.2. The number of fused-ring (bicyclic) bond motifs is 2. The Bertz CT molecular complexity index is 1510. The summed E-state index contributed by atoms with van der Waals surface area (Å²) in [6.45, 7) is -0.203. The van der Waals surface area contributed by atoms with Crippen LogP contribution in [0.3, 0.4) is 0 Å². The maximum atomic E-state index is 14.9. The highest BCUT2D eigenvalue weighted by Gasteiger charge is 2.43. The number of carbonyl (C=O) groups is 2. The van der Waals surface area contributed by atoms with Crippen LogP contribution in [0.2, 0.25) is 0 Å². The zero-order chi connectivity index (χ0) is 29.0. The summed E-state index contributed by atoms with van der Waals surface area (Å²) in [4.78, 5) is 34.9. The Morgan fingerprint density at radius 2 is 1.82 bits per heavy atom. The second kappa shape index (κ2) is 10.2. The minimum Gasteiger partial charge on any atom is -0.340 e. The van der Waals surface area contributed by atoms with Crippen molar-refractivity contribution in [1.29, 1.82) is 0 Å². The fourth-order valence-electron chi connectivity index (χ4n) is 4.30. The van der Waals surface area contributed by atoms with E-state index in [2.05, 4.69) is 15.3 Å². The Kier molecular flexibility index (Phi) is 7.18. The molecule has 0 unspecified atom stereocenters. The monoisotopic (exact) mass is 605 g/mol. The molecule has 3 aromatic rings. The summed E-state index contributed by atoms with van der Waals surface area (Å²) in [7, 11) is 1.60. The van der Waals surface area contributed by atoms with E-state index in [9.17, 15) is 40.3 Å². The normalized spacial score (nSPS) is 15.9. The van der Waals surface area contributed by atoms with E-state index >= 15 is 0 Å². The Morgan fingerprint density at radius 1 is 1.07 bits per heavy atom. The third-order valence-corrected chi connectivity index (χ3v) is 8.61. The number of thiophene rings is 1. The molecular weight excluding hydrogens is 587 g/mol. The predicted molar refractivity (Wildman–Crippen MR) is 133 cm³/mol. The SMILES string of the molecule is CN1CCSc2cc(-c3nc(Nc4cc5c(cc4F)CN(C(=O)C(F)(F)F)CC5)ncc3C(F)(F)F)sc2C1=O. The van der Waals surface area contributed by atoms with Gasteiger partial charge >= 0.3 is 18.3 Å². The van der Waals surface area contributed by atoms with Gasteiger partial charge in [-0.15, -0.1) is 23.1 Å². The average Bonchev–Trinajstić information content (AvgIpc) is 3.25. The number of carbonyl (C=O) groups excluding carboxylic acids is 2. The van der Waals surface area contributed by atoms with Crippen LogP contribution >= 0.6 is 23.1 Å². The first-order chi connectivity index (χ1) is 18.7. The molecule has 4 heterocycles. The molecule has 0 saturated carbocycles. The number of thioether (sulfide) groups is 1. The van der Waals surface area contributed by atoms with Crippen LogP contribution in [0.5, 0.6) is 0 Å². The van der Waals surface area contributed by atoms with Crippen LogP contribution in [0, 0.1) is 5.82 Å². The van der Waals surface area contributed by atoms with Gasteiger partial charge in [0.1, 0.15) is 16.3 Å². The van der Waals surface area contributed by atoms with Gasteiger partial charge in [0.05, 0.1) is 16.3 Å². The summed E-state index contributed by atoms with van der Waals surface area (Å²) in [6, 6.07) is 3.74. The molecule has 2 aliphatic rings. The number of nitrogens with one attached hydrogen (secondary N) is 1. The van der Waals surface area contributed by atoms with Gasteiger partial charge in [-0.1, -0.05) is 0 Å². The summed E-state index contributed by atoms with van der Waals surface area (Å²) in [5, 5.41) is 2.56. The van der Waals surface area contributed by atoms with Crippen LogP contribution < -0.4 is 5.32 Å². The molecule has 16 heteroatoms. The molecule has 212 valence electrons. The van der Waals surface area contributed by atoms with Crippen molar-refractivity contribution in [3.05, 3.63) is 51.8 Å². The van der Waals surface area contributed by atoms with Crippen LogP contribution in [0.25, 0.3) is 10.6 Å². The minimum atomic E-state index is -5.06. The van der Waals surface area contributed by atoms with E-state index in [4.69, 9.17) is 0 Å². The number of aromatic nitrogens is 2. The number of nitrogens with zero attached hydrogens (tertiary/aromatic N) is 4. The first kappa shape index (κ1) is 28.1. The van der Waals surface area contributed by atoms with Crippen LogP contribution in [-0.2, 0) is 23.9 Å². The largest absolute Gasteiger partial charge is 0.471 e. The van der Waals surface area contributed by atoms with Crippen LogP contribution in [0.1, 0.15) is 26.4 Å². The summed E-state index contributed by atoms with van der Waals surface area (Å²) >= 11 is 2.21. The van der Waals surface area contributed by atoms with E-state index in [1.807, 2.05) is 0 Å². The van der Waals surface area contributed by atoms with Crippen LogP contribution in [0.15, 0.2) is 29.3 Å². The van der Waals surface area contributed by atoms with Gasteiger partial charge in [-0.2, -0.15) is 26.3 Å². The molecule has 0 fully saturated rings. The number of rotatable bonds is 3. The Labute approximate surface area is 230 Å². The molecule has 1 aromatic carbocycles. The van der Waals surface area contributed by atoms with Gasteiger partial charge in [0.2, 0.25) is 5.95 Å². The minimum absolute atomic E-state index is 0.00607. The van der Waals surface area contributed by atoms with Gasteiger partial charge in [-0.3, -0.25) is 9.59 Å². The summed E-state index contributed by atoms with van der Waals surface area (Å²) in [5.41, 5.74) is -1.19. The van der Waals surface area contributed by atoms with Crippen molar-refractivity contribution in [2.75, 3.05) is 31.2 Å². The molecule has 0 saturated heterocycles. The van der Waals surface area contributed by atoms with Crippen molar-refractivity contribution in [1.82, 2.24) is 19.8 Å². The number of alkyl halides is 6. The van der Waals surface area contributed by atoms with Crippen molar-refractivity contribution in [2.45, 2.75) is 30.2 Å². The Morgan fingerprint density at radius 3 is 2.52 bits per heavy atom. The molecular formula is C24H18F7N5O2S2. The Balaban J connectivity index is 1.47. The van der Waals surface area contributed by atoms with Crippen molar-refractivity contribution in [3.63, 3.8) is 0 Å². The first-order valence-corrected chi connectivity index (χ1v) is 13.4. The molecule has 0 atom stereocenters. The molecule has 7 nitrogen and oxygen atoms in total. The third kappa shape index (κ3) is 5.46. The zero-order valence-electron chi connectivity index (χ0n) is 20.4. The standard InChI is InChI=1S/C24H18F7N5O2S2/c1-35-4-5-39-17-8-16(40-19(17)20(35)37)18-13(23(26,27)28)9-32-22(34-18)33-15-7-11-2-3-36(21(38)24(29,30)31)10-12(11)6-14(15)25/h6-9H,2-5,10H2,1H3,(H,32,33,34). The van der Waals surface area contributed by atoms with Gasteiger partial charge in [0, 0.05) is 43.5 Å². The van der Waals surface area contributed by atoms with Gasteiger partial charge in [0.25, 0.3) is 5.91 Å².